The molecule has 3 nitrogen and oxygen atoms in total. The Labute approximate surface area is 85.7 Å². The van der Waals surface area contributed by atoms with Gasteiger partial charge in [0.1, 0.15) is 0 Å². The second-order valence-electron chi connectivity index (χ2n) is 2.84. The van der Waals surface area contributed by atoms with Crippen molar-refractivity contribution < 1.29 is 4.79 Å². The zero-order chi connectivity index (χ0) is 9.97. The second-order valence-corrected chi connectivity index (χ2v) is 3.27. The van der Waals surface area contributed by atoms with Crippen LogP contribution in [0.1, 0.15) is 10.5 Å². The quantitative estimate of drug-likeness (QED) is 0.768. The van der Waals surface area contributed by atoms with Crippen LogP contribution in [0.25, 0.3) is 11.3 Å². The van der Waals surface area contributed by atoms with Gasteiger partial charge in [-0.05, 0) is 18.2 Å². The van der Waals surface area contributed by atoms with Crippen LogP contribution >= 0.6 is 11.6 Å². The lowest BCUT2D eigenvalue weighted by atomic mass is 10.1. The van der Waals surface area contributed by atoms with Gasteiger partial charge in [-0.25, -0.2) is 0 Å². The average molecular weight is 207 g/mol. The number of nitrogens with one attached hydrogen (secondary N) is 1. The molecule has 0 amide bonds. The first kappa shape index (κ1) is 8.97. The van der Waals surface area contributed by atoms with Crippen molar-refractivity contribution in [1.29, 1.82) is 0 Å². The Morgan fingerprint density at radius 3 is 2.86 bits per heavy atom. The van der Waals surface area contributed by atoms with Crippen LogP contribution < -0.4 is 0 Å². The summed E-state index contributed by atoms with van der Waals surface area (Å²) in [6.45, 7) is 0. The summed E-state index contributed by atoms with van der Waals surface area (Å²) in [5.74, 6) is 0. The standard InChI is InChI=1S/C10H7ClN2O/c11-8-3-1-2-7(4-8)10-5-9(6-14)12-13-10/h1-6H,(H,12,13). The predicted molar refractivity (Wildman–Crippen MR) is 54.4 cm³/mol. The fourth-order valence-electron chi connectivity index (χ4n) is 1.19. The zero-order valence-electron chi connectivity index (χ0n) is 7.20. The van der Waals surface area contributed by atoms with E-state index in [1.807, 2.05) is 12.1 Å². The number of nitrogens with zero attached hydrogens (tertiary/aromatic N) is 1. The number of aromatic amines is 1. The van der Waals surface area contributed by atoms with Gasteiger partial charge in [-0.3, -0.25) is 9.89 Å². The number of benzene rings is 1. The molecule has 0 bridgehead atoms. The fourth-order valence-corrected chi connectivity index (χ4v) is 1.38. The van der Waals surface area contributed by atoms with Crippen molar-refractivity contribution in [1.82, 2.24) is 10.2 Å². The van der Waals surface area contributed by atoms with Gasteiger partial charge in [0.2, 0.25) is 0 Å². The Morgan fingerprint density at radius 1 is 1.36 bits per heavy atom. The van der Waals surface area contributed by atoms with Gasteiger partial charge in [-0.2, -0.15) is 5.10 Å². The van der Waals surface area contributed by atoms with E-state index in [1.165, 1.54) is 0 Å². The number of carbonyl (C=O) groups is 1. The van der Waals surface area contributed by atoms with Crippen molar-refractivity contribution in [2.75, 3.05) is 0 Å². The Hall–Kier alpha value is -1.61. The molecule has 0 atom stereocenters. The number of halogens is 1. The smallest absolute Gasteiger partial charge is 0.167 e. The minimum atomic E-state index is 0.458. The van der Waals surface area contributed by atoms with E-state index in [1.54, 1.807) is 18.2 Å². The molecule has 2 aromatic rings. The Kier molecular flexibility index (Phi) is 2.33. The number of aromatic nitrogens is 2. The number of H-pyrrole nitrogens is 1. The SMILES string of the molecule is O=Cc1cc(-c2cccc(Cl)c2)n[nH]1. The lowest BCUT2D eigenvalue weighted by Crippen LogP contribution is -1.77. The molecule has 2 rings (SSSR count). The highest BCUT2D eigenvalue weighted by Gasteiger charge is 2.02. The van der Waals surface area contributed by atoms with Crippen LogP contribution in [0.4, 0.5) is 0 Å². The van der Waals surface area contributed by atoms with Crippen molar-refractivity contribution in [2.45, 2.75) is 0 Å². The predicted octanol–water partition coefficient (Wildman–Crippen LogP) is 2.54. The summed E-state index contributed by atoms with van der Waals surface area (Å²) >= 11 is 5.83. The molecule has 0 unspecified atom stereocenters. The summed E-state index contributed by atoms with van der Waals surface area (Å²) in [6.07, 6.45) is 0.723. The molecular formula is C10H7ClN2O. The van der Waals surface area contributed by atoms with Crippen LogP contribution in [-0.4, -0.2) is 16.5 Å². The normalized spacial score (nSPS) is 10.1. The largest absolute Gasteiger partial charge is 0.296 e. The molecule has 0 saturated heterocycles. The molecule has 14 heavy (non-hydrogen) atoms. The van der Waals surface area contributed by atoms with E-state index in [0.717, 1.165) is 17.5 Å². The first-order valence-electron chi connectivity index (χ1n) is 4.06. The van der Waals surface area contributed by atoms with E-state index in [2.05, 4.69) is 10.2 Å². The molecule has 0 aliphatic heterocycles. The lowest BCUT2D eigenvalue weighted by Gasteiger charge is -1.95. The molecule has 0 aliphatic carbocycles. The topological polar surface area (TPSA) is 45.8 Å². The maximum absolute atomic E-state index is 10.4. The maximum Gasteiger partial charge on any atom is 0.167 e. The highest BCUT2D eigenvalue weighted by Crippen LogP contribution is 2.20. The molecule has 0 radical (unpaired) electrons. The summed E-state index contributed by atoms with van der Waals surface area (Å²) in [4.78, 5) is 10.4. The Morgan fingerprint density at radius 2 is 2.21 bits per heavy atom. The van der Waals surface area contributed by atoms with Crippen LogP contribution in [0, 0.1) is 0 Å². The third-order valence-electron chi connectivity index (χ3n) is 1.85. The lowest BCUT2D eigenvalue weighted by molar-refractivity contribution is 0.111. The molecule has 1 N–H and O–H groups in total. The number of hydrogen-bond donors (Lipinski definition) is 1. The van der Waals surface area contributed by atoms with Crippen molar-refractivity contribution in [3.8, 4) is 11.3 Å². The first-order valence-corrected chi connectivity index (χ1v) is 4.44. The molecule has 1 aromatic carbocycles. The van der Waals surface area contributed by atoms with Crippen LogP contribution in [0.5, 0.6) is 0 Å². The van der Waals surface area contributed by atoms with Crippen LogP contribution in [-0.2, 0) is 0 Å². The molecule has 0 spiro atoms. The van der Waals surface area contributed by atoms with Crippen molar-refractivity contribution >= 4 is 17.9 Å². The Bertz CT molecular complexity index is 465. The number of aldehydes is 1. The number of carbonyl (C=O) groups excluding carboxylic acids is 1. The van der Waals surface area contributed by atoms with Crippen molar-refractivity contribution in [2.24, 2.45) is 0 Å². The van der Waals surface area contributed by atoms with E-state index in [4.69, 9.17) is 11.6 Å². The van der Waals surface area contributed by atoms with E-state index in [9.17, 15) is 4.79 Å². The molecule has 70 valence electrons. The van der Waals surface area contributed by atoms with Gasteiger partial charge >= 0.3 is 0 Å². The summed E-state index contributed by atoms with van der Waals surface area (Å²) in [5.41, 5.74) is 2.07. The van der Waals surface area contributed by atoms with Gasteiger partial charge in [0, 0.05) is 10.6 Å². The van der Waals surface area contributed by atoms with E-state index in [-0.39, 0.29) is 0 Å². The highest BCUT2D eigenvalue weighted by atomic mass is 35.5. The van der Waals surface area contributed by atoms with Gasteiger partial charge in [-0.1, -0.05) is 23.7 Å². The monoisotopic (exact) mass is 206 g/mol. The molecule has 0 aliphatic rings. The first-order chi connectivity index (χ1) is 6.79. The molecule has 1 heterocycles. The van der Waals surface area contributed by atoms with Gasteiger partial charge in [0.05, 0.1) is 11.4 Å². The zero-order valence-corrected chi connectivity index (χ0v) is 7.95. The maximum atomic E-state index is 10.4. The fraction of sp³-hybridized carbons (Fsp3) is 0. The molecule has 1 aromatic heterocycles. The number of rotatable bonds is 2. The third-order valence-corrected chi connectivity index (χ3v) is 2.08. The molecular weight excluding hydrogens is 200 g/mol. The van der Waals surface area contributed by atoms with Crippen molar-refractivity contribution in [3.05, 3.63) is 41.0 Å². The Balaban J connectivity index is 2.43. The van der Waals surface area contributed by atoms with Crippen LogP contribution in [0.15, 0.2) is 30.3 Å². The van der Waals surface area contributed by atoms with E-state index in [0.29, 0.717) is 10.7 Å². The number of hydrogen-bond acceptors (Lipinski definition) is 2. The third kappa shape index (κ3) is 1.67. The van der Waals surface area contributed by atoms with Crippen molar-refractivity contribution in [3.63, 3.8) is 0 Å². The van der Waals surface area contributed by atoms with Gasteiger partial charge in [0.25, 0.3) is 0 Å². The van der Waals surface area contributed by atoms with Crippen LogP contribution in [0.3, 0.4) is 0 Å². The summed E-state index contributed by atoms with van der Waals surface area (Å²) in [5, 5.41) is 7.25. The summed E-state index contributed by atoms with van der Waals surface area (Å²) < 4.78 is 0. The van der Waals surface area contributed by atoms with Gasteiger partial charge in [0.15, 0.2) is 6.29 Å². The van der Waals surface area contributed by atoms with Gasteiger partial charge in [-0.15, -0.1) is 0 Å². The summed E-state index contributed by atoms with van der Waals surface area (Å²) in [6, 6.07) is 8.99. The van der Waals surface area contributed by atoms with E-state index >= 15 is 0 Å². The van der Waals surface area contributed by atoms with Gasteiger partial charge < -0.3 is 0 Å². The van der Waals surface area contributed by atoms with Crippen LogP contribution in [0.2, 0.25) is 5.02 Å². The summed E-state index contributed by atoms with van der Waals surface area (Å²) in [7, 11) is 0. The molecule has 4 heteroatoms. The van der Waals surface area contributed by atoms with E-state index < -0.39 is 0 Å². The minimum Gasteiger partial charge on any atom is -0.296 e. The average Bonchev–Trinajstić information content (AvgIpc) is 2.66. The highest BCUT2D eigenvalue weighted by molar-refractivity contribution is 6.30. The second kappa shape index (κ2) is 3.64. The minimum absolute atomic E-state index is 0.458. The molecule has 0 saturated carbocycles. The molecule has 0 fully saturated rings.